The summed E-state index contributed by atoms with van der Waals surface area (Å²) in [5, 5.41) is 26.5. The first-order valence-corrected chi connectivity index (χ1v) is 7.95. The predicted molar refractivity (Wildman–Crippen MR) is 106 cm³/mol. The maximum absolute atomic E-state index is 10.8. The van der Waals surface area contributed by atoms with Crippen LogP contribution in [-0.2, 0) is 11.3 Å². The molecular weight excluding hydrogens is 439 g/mol. The van der Waals surface area contributed by atoms with Crippen LogP contribution in [-0.4, -0.2) is 49.4 Å². The molecule has 0 radical (unpaired) electrons. The Bertz CT molecular complexity index is 591. The van der Waals surface area contributed by atoms with Gasteiger partial charge in [0.25, 0.3) is 5.69 Å². The summed E-state index contributed by atoms with van der Waals surface area (Å²) >= 11 is 0. The van der Waals surface area contributed by atoms with Gasteiger partial charge in [0.1, 0.15) is 0 Å². The van der Waals surface area contributed by atoms with E-state index in [4.69, 9.17) is 4.74 Å². The summed E-state index contributed by atoms with van der Waals surface area (Å²) in [4.78, 5) is 14.6. The van der Waals surface area contributed by atoms with Crippen molar-refractivity contribution in [1.29, 1.82) is 0 Å². The minimum atomic E-state index is -0.407. The highest BCUT2D eigenvalue weighted by atomic mass is 127. The van der Waals surface area contributed by atoms with Crippen molar-refractivity contribution in [3.63, 3.8) is 0 Å². The number of aliphatic hydroxyl groups is 1. The van der Waals surface area contributed by atoms with E-state index in [1.807, 2.05) is 6.07 Å². The standard InChI is InChI=1S/C16H24N4O4.HI/c1-17-15(19-11-16(5-7-21)6-8-24-12-16)18-10-13-3-2-4-14(9-13)20(22)23;/h2-4,9,21H,5-8,10-12H2,1H3,(H2,17,18,19);1H. The Balaban J connectivity index is 0.00000312. The number of aliphatic hydroxyl groups excluding tert-OH is 1. The molecule has 0 aromatic heterocycles. The van der Waals surface area contributed by atoms with Crippen molar-refractivity contribution in [3.8, 4) is 0 Å². The lowest BCUT2D eigenvalue weighted by Crippen LogP contribution is -2.44. The molecule has 3 N–H and O–H groups in total. The molecule has 0 saturated carbocycles. The summed E-state index contributed by atoms with van der Waals surface area (Å²) in [6.07, 6.45) is 1.59. The number of guanidine groups is 1. The van der Waals surface area contributed by atoms with Crippen molar-refractivity contribution in [3.05, 3.63) is 39.9 Å². The Kier molecular flexibility index (Phi) is 9.08. The average Bonchev–Trinajstić information content (AvgIpc) is 3.04. The van der Waals surface area contributed by atoms with Gasteiger partial charge in [-0.2, -0.15) is 0 Å². The third-order valence-corrected chi connectivity index (χ3v) is 4.26. The largest absolute Gasteiger partial charge is 0.396 e. The van der Waals surface area contributed by atoms with Gasteiger partial charge in [-0.05, 0) is 18.4 Å². The summed E-state index contributed by atoms with van der Waals surface area (Å²) in [6.45, 7) is 2.56. The minimum Gasteiger partial charge on any atom is -0.396 e. The fourth-order valence-electron chi connectivity index (χ4n) is 2.77. The molecule has 1 saturated heterocycles. The average molecular weight is 464 g/mol. The van der Waals surface area contributed by atoms with Crippen LogP contribution in [0.1, 0.15) is 18.4 Å². The zero-order valence-corrected chi connectivity index (χ0v) is 16.6. The van der Waals surface area contributed by atoms with Crippen molar-refractivity contribution < 1.29 is 14.8 Å². The number of nitrogens with one attached hydrogen (secondary N) is 2. The monoisotopic (exact) mass is 464 g/mol. The molecule has 1 aromatic carbocycles. The molecule has 1 aliphatic rings. The number of ether oxygens (including phenoxy) is 1. The molecule has 1 heterocycles. The molecule has 1 aliphatic heterocycles. The molecule has 2 rings (SSSR count). The first kappa shape index (κ1) is 21.6. The fraction of sp³-hybridized carbons (Fsp3) is 0.562. The summed E-state index contributed by atoms with van der Waals surface area (Å²) in [5.74, 6) is 0.616. The summed E-state index contributed by atoms with van der Waals surface area (Å²) in [6, 6.07) is 6.50. The lowest BCUT2D eigenvalue weighted by atomic mass is 9.84. The number of nitro benzene ring substituents is 1. The number of non-ortho nitro benzene ring substituents is 1. The third kappa shape index (κ3) is 6.40. The number of benzene rings is 1. The van der Waals surface area contributed by atoms with E-state index >= 15 is 0 Å². The minimum absolute atomic E-state index is 0. The molecule has 9 heteroatoms. The second-order valence-corrected chi connectivity index (χ2v) is 5.98. The topological polar surface area (TPSA) is 109 Å². The van der Waals surface area contributed by atoms with E-state index in [1.165, 1.54) is 6.07 Å². The first-order chi connectivity index (χ1) is 11.6. The van der Waals surface area contributed by atoms with Gasteiger partial charge in [-0.15, -0.1) is 24.0 Å². The predicted octanol–water partition coefficient (Wildman–Crippen LogP) is 1.67. The molecular formula is C16H25IN4O4. The van der Waals surface area contributed by atoms with Crippen molar-refractivity contribution in [2.24, 2.45) is 10.4 Å². The highest BCUT2D eigenvalue weighted by Crippen LogP contribution is 2.31. The molecule has 0 bridgehead atoms. The SMILES string of the molecule is CN=C(NCc1cccc([N+](=O)[O-])c1)NCC1(CCO)CCOC1.I. The summed E-state index contributed by atoms with van der Waals surface area (Å²) < 4.78 is 5.47. The smallest absolute Gasteiger partial charge is 0.269 e. The van der Waals surface area contributed by atoms with Crippen LogP contribution >= 0.6 is 24.0 Å². The Morgan fingerprint density at radius 2 is 2.28 bits per heavy atom. The molecule has 0 aliphatic carbocycles. The summed E-state index contributed by atoms with van der Waals surface area (Å²) in [7, 11) is 1.67. The maximum atomic E-state index is 10.8. The van der Waals surface area contributed by atoms with E-state index in [-0.39, 0.29) is 41.7 Å². The molecule has 8 nitrogen and oxygen atoms in total. The van der Waals surface area contributed by atoms with E-state index in [0.29, 0.717) is 38.7 Å². The van der Waals surface area contributed by atoms with Gasteiger partial charge in [0.15, 0.2) is 5.96 Å². The van der Waals surface area contributed by atoms with Crippen LogP contribution in [0.15, 0.2) is 29.3 Å². The molecule has 1 fully saturated rings. The van der Waals surface area contributed by atoms with Crippen LogP contribution in [0.2, 0.25) is 0 Å². The number of hydrogen-bond donors (Lipinski definition) is 3. The van der Waals surface area contributed by atoms with Crippen molar-refractivity contribution in [1.82, 2.24) is 10.6 Å². The Morgan fingerprint density at radius 1 is 1.48 bits per heavy atom. The van der Waals surface area contributed by atoms with Crippen LogP contribution in [0.4, 0.5) is 5.69 Å². The zero-order chi connectivity index (χ0) is 17.4. The zero-order valence-electron chi connectivity index (χ0n) is 14.2. The van der Waals surface area contributed by atoms with Crippen LogP contribution in [0.3, 0.4) is 0 Å². The number of nitro groups is 1. The van der Waals surface area contributed by atoms with Gasteiger partial charge in [-0.25, -0.2) is 0 Å². The van der Waals surface area contributed by atoms with Gasteiger partial charge >= 0.3 is 0 Å². The van der Waals surface area contributed by atoms with E-state index in [1.54, 1.807) is 19.2 Å². The van der Waals surface area contributed by atoms with Crippen LogP contribution in [0.25, 0.3) is 0 Å². The van der Waals surface area contributed by atoms with Crippen LogP contribution < -0.4 is 10.6 Å². The van der Waals surface area contributed by atoms with Crippen molar-refractivity contribution in [2.45, 2.75) is 19.4 Å². The van der Waals surface area contributed by atoms with Gasteiger partial charge < -0.3 is 20.5 Å². The molecule has 0 spiro atoms. The Hall–Kier alpha value is -1.46. The molecule has 0 amide bonds. The third-order valence-electron chi connectivity index (χ3n) is 4.26. The van der Waals surface area contributed by atoms with Gasteiger partial charge in [0, 0.05) is 50.9 Å². The molecule has 140 valence electrons. The molecule has 1 aromatic rings. The van der Waals surface area contributed by atoms with E-state index < -0.39 is 4.92 Å². The quantitative estimate of drug-likeness (QED) is 0.186. The first-order valence-electron chi connectivity index (χ1n) is 7.95. The second-order valence-electron chi connectivity index (χ2n) is 5.98. The van der Waals surface area contributed by atoms with Crippen LogP contribution in [0, 0.1) is 15.5 Å². The molecule has 1 unspecified atom stereocenters. The Morgan fingerprint density at radius 3 is 2.88 bits per heavy atom. The lowest BCUT2D eigenvalue weighted by Gasteiger charge is -2.27. The highest BCUT2D eigenvalue weighted by molar-refractivity contribution is 14.0. The van der Waals surface area contributed by atoms with Crippen molar-refractivity contribution >= 4 is 35.6 Å². The lowest BCUT2D eigenvalue weighted by molar-refractivity contribution is -0.384. The number of nitrogens with zero attached hydrogens (tertiary/aromatic N) is 2. The van der Waals surface area contributed by atoms with E-state index in [0.717, 1.165) is 12.0 Å². The number of hydrogen-bond acceptors (Lipinski definition) is 5. The van der Waals surface area contributed by atoms with Crippen LogP contribution in [0.5, 0.6) is 0 Å². The van der Waals surface area contributed by atoms with Gasteiger partial charge in [-0.1, -0.05) is 12.1 Å². The van der Waals surface area contributed by atoms with Gasteiger partial charge in [0.2, 0.25) is 0 Å². The van der Waals surface area contributed by atoms with Crippen molar-refractivity contribution in [2.75, 3.05) is 33.4 Å². The van der Waals surface area contributed by atoms with E-state index in [2.05, 4.69) is 15.6 Å². The second kappa shape index (κ2) is 10.5. The maximum Gasteiger partial charge on any atom is 0.269 e. The molecule has 1 atom stereocenters. The van der Waals surface area contributed by atoms with Gasteiger partial charge in [-0.3, -0.25) is 15.1 Å². The van der Waals surface area contributed by atoms with E-state index in [9.17, 15) is 15.2 Å². The normalized spacial score (nSPS) is 20.0. The number of halogens is 1. The Labute approximate surface area is 164 Å². The summed E-state index contributed by atoms with van der Waals surface area (Å²) in [5.41, 5.74) is 0.807. The fourth-order valence-corrected chi connectivity index (χ4v) is 2.77. The molecule has 25 heavy (non-hydrogen) atoms. The number of rotatable bonds is 7. The highest BCUT2D eigenvalue weighted by Gasteiger charge is 2.34. The van der Waals surface area contributed by atoms with Gasteiger partial charge in [0.05, 0.1) is 11.5 Å². The number of aliphatic imine (C=N–C) groups is 1.